The van der Waals surface area contributed by atoms with Crippen molar-refractivity contribution in [3.05, 3.63) is 47.3 Å². The monoisotopic (exact) mass is 230 g/mol. The van der Waals surface area contributed by atoms with Gasteiger partial charge >= 0.3 is 0 Å². The molecule has 17 heavy (non-hydrogen) atoms. The van der Waals surface area contributed by atoms with Crippen LogP contribution in [0.1, 0.15) is 5.56 Å². The Morgan fingerprint density at radius 1 is 1.12 bits per heavy atom. The van der Waals surface area contributed by atoms with Gasteiger partial charge < -0.3 is 9.94 Å². The number of hydroxylamine groups is 1. The molecule has 0 N–H and O–H groups in total. The molecule has 1 fully saturated rings. The molecule has 2 aliphatic rings. The Morgan fingerprint density at radius 3 is 2.47 bits per heavy atom. The third-order valence-electron chi connectivity index (χ3n) is 3.09. The summed E-state index contributed by atoms with van der Waals surface area (Å²) in [5.74, 6) is 0.777. The molecule has 0 aromatic heterocycles. The molecule has 4 heteroatoms. The zero-order valence-corrected chi connectivity index (χ0v) is 9.50. The van der Waals surface area contributed by atoms with Crippen LogP contribution in [-0.4, -0.2) is 41.8 Å². The topological polar surface area (TPSA) is 38.5 Å². The number of rotatable bonds is 1. The van der Waals surface area contributed by atoms with Crippen molar-refractivity contribution in [2.75, 3.05) is 26.3 Å². The van der Waals surface area contributed by atoms with E-state index in [4.69, 9.17) is 4.74 Å². The predicted molar refractivity (Wildman–Crippen MR) is 65.4 cm³/mol. The van der Waals surface area contributed by atoms with E-state index in [2.05, 4.69) is 4.90 Å². The fourth-order valence-electron chi connectivity index (χ4n) is 2.19. The molecule has 4 nitrogen and oxygen atoms in total. The van der Waals surface area contributed by atoms with Crippen molar-refractivity contribution in [3.8, 4) is 0 Å². The smallest absolute Gasteiger partial charge is 0.291 e. The molecule has 88 valence electrons. The maximum atomic E-state index is 11.6. The number of benzene rings is 1. The summed E-state index contributed by atoms with van der Waals surface area (Å²) in [5, 5.41) is 11.6. The third kappa shape index (κ3) is 1.80. The second-order valence-corrected chi connectivity index (χ2v) is 4.16. The number of morpholine rings is 1. The second kappa shape index (κ2) is 4.22. The maximum absolute atomic E-state index is 11.6. The quantitative estimate of drug-likeness (QED) is 0.539. The lowest BCUT2D eigenvalue weighted by Crippen LogP contribution is -2.46. The first-order chi connectivity index (χ1) is 8.36. The van der Waals surface area contributed by atoms with E-state index in [9.17, 15) is 5.21 Å². The van der Waals surface area contributed by atoms with Crippen molar-refractivity contribution in [3.63, 3.8) is 0 Å². The fraction of sp³-hybridized carbons (Fsp3) is 0.308. The molecule has 0 saturated carbocycles. The molecule has 2 aliphatic heterocycles. The van der Waals surface area contributed by atoms with Gasteiger partial charge in [0.25, 0.3) is 5.84 Å². The van der Waals surface area contributed by atoms with Crippen molar-refractivity contribution in [2.45, 2.75) is 0 Å². The lowest BCUT2D eigenvalue weighted by molar-refractivity contribution is -0.394. The highest BCUT2D eigenvalue weighted by Crippen LogP contribution is 2.24. The van der Waals surface area contributed by atoms with E-state index in [1.807, 2.05) is 30.3 Å². The van der Waals surface area contributed by atoms with Gasteiger partial charge in [0.2, 0.25) is 0 Å². The highest BCUT2D eigenvalue weighted by molar-refractivity contribution is 6.22. The second-order valence-electron chi connectivity index (χ2n) is 4.16. The number of amidine groups is 1. The van der Waals surface area contributed by atoms with E-state index in [1.54, 1.807) is 6.20 Å². The Kier molecular flexibility index (Phi) is 2.57. The van der Waals surface area contributed by atoms with E-state index >= 15 is 0 Å². The van der Waals surface area contributed by atoms with Crippen LogP contribution in [0.4, 0.5) is 0 Å². The first-order valence-electron chi connectivity index (χ1n) is 5.80. The van der Waals surface area contributed by atoms with Crippen molar-refractivity contribution in [1.29, 1.82) is 0 Å². The summed E-state index contributed by atoms with van der Waals surface area (Å²) >= 11 is 0. The normalized spacial score (nSPS) is 20.0. The van der Waals surface area contributed by atoms with Crippen molar-refractivity contribution in [1.82, 2.24) is 4.90 Å². The van der Waals surface area contributed by atoms with Crippen molar-refractivity contribution >= 4 is 11.4 Å². The molecule has 0 radical (unpaired) electrons. The minimum absolute atomic E-state index is 0.694. The van der Waals surface area contributed by atoms with Crippen LogP contribution in [0.5, 0.6) is 0 Å². The van der Waals surface area contributed by atoms with Crippen molar-refractivity contribution < 1.29 is 9.48 Å². The molecule has 0 aliphatic carbocycles. The molecule has 0 unspecified atom stereocenters. The van der Waals surface area contributed by atoms with Gasteiger partial charge in [-0.25, -0.2) is 4.74 Å². The third-order valence-corrected chi connectivity index (χ3v) is 3.09. The Bertz CT molecular complexity index is 473. The van der Waals surface area contributed by atoms with E-state index in [1.165, 1.54) is 0 Å². The molecule has 0 spiro atoms. The van der Waals surface area contributed by atoms with Crippen molar-refractivity contribution in [2.24, 2.45) is 0 Å². The summed E-state index contributed by atoms with van der Waals surface area (Å²) in [6, 6.07) is 10.0. The lowest BCUT2D eigenvalue weighted by atomic mass is 10.0. The molecular formula is C13H14N2O2. The average Bonchev–Trinajstić information content (AvgIpc) is 2.38. The van der Waals surface area contributed by atoms with Crippen LogP contribution in [0.25, 0.3) is 5.57 Å². The number of ether oxygens (including phenoxy) is 1. The van der Waals surface area contributed by atoms with Crippen LogP contribution < -0.4 is 0 Å². The first-order valence-corrected chi connectivity index (χ1v) is 5.80. The number of hydrogen-bond donors (Lipinski definition) is 0. The van der Waals surface area contributed by atoms with Crippen LogP contribution in [-0.2, 0) is 4.74 Å². The minimum Gasteiger partial charge on any atom is -0.711 e. The van der Waals surface area contributed by atoms with E-state index in [-0.39, 0.29) is 0 Å². The summed E-state index contributed by atoms with van der Waals surface area (Å²) in [6.07, 6.45) is 1.64. The van der Waals surface area contributed by atoms with Gasteiger partial charge in [-0.2, -0.15) is 0 Å². The van der Waals surface area contributed by atoms with Gasteiger partial charge in [0.15, 0.2) is 0 Å². The SMILES string of the molecule is [O-][N+]1=C(N2CCOCC2)C(c2ccccc2)=C1. The van der Waals surface area contributed by atoms with Gasteiger partial charge in [-0.15, -0.1) is 0 Å². The standard InChI is InChI=1S/C13H14N2O2/c16-15-10-12(11-4-2-1-3-5-11)13(15)14-6-8-17-9-7-14/h1-5,10H,6-9H2. The Labute approximate surface area is 100 Å². The van der Waals surface area contributed by atoms with Crippen LogP contribution in [0.2, 0.25) is 0 Å². The highest BCUT2D eigenvalue weighted by atomic mass is 16.5. The molecule has 1 saturated heterocycles. The zero-order valence-electron chi connectivity index (χ0n) is 9.50. The number of hydrogen-bond acceptors (Lipinski definition) is 3. The molecular weight excluding hydrogens is 216 g/mol. The molecule has 0 amide bonds. The summed E-state index contributed by atoms with van der Waals surface area (Å²) < 4.78 is 6.25. The molecule has 1 aromatic carbocycles. The van der Waals surface area contributed by atoms with Gasteiger partial charge in [-0.3, -0.25) is 4.90 Å². The summed E-state index contributed by atoms with van der Waals surface area (Å²) in [6.45, 7) is 2.97. The van der Waals surface area contributed by atoms with Gasteiger partial charge in [-0.05, 0) is 5.56 Å². The Hall–Kier alpha value is -1.81. The molecule has 3 rings (SSSR count). The summed E-state index contributed by atoms with van der Waals surface area (Å²) in [7, 11) is 0. The average molecular weight is 230 g/mol. The zero-order chi connectivity index (χ0) is 11.7. The maximum Gasteiger partial charge on any atom is 0.291 e. The number of nitrogens with zero attached hydrogens (tertiary/aromatic N) is 2. The predicted octanol–water partition coefficient (Wildman–Crippen LogP) is 1.28. The van der Waals surface area contributed by atoms with Crippen LogP contribution >= 0.6 is 0 Å². The molecule has 2 heterocycles. The molecule has 0 atom stereocenters. The van der Waals surface area contributed by atoms with Gasteiger partial charge in [0, 0.05) is 0 Å². The Balaban J connectivity index is 1.83. The molecule has 1 aromatic rings. The van der Waals surface area contributed by atoms with Gasteiger partial charge in [0.05, 0.1) is 13.2 Å². The largest absolute Gasteiger partial charge is 0.711 e. The summed E-state index contributed by atoms with van der Waals surface area (Å²) in [4.78, 5) is 2.10. The van der Waals surface area contributed by atoms with Crippen LogP contribution in [0.15, 0.2) is 36.5 Å². The van der Waals surface area contributed by atoms with Crippen LogP contribution in [0.3, 0.4) is 0 Å². The lowest BCUT2D eigenvalue weighted by Gasteiger charge is -2.31. The van der Waals surface area contributed by atoms with Gasteiger partial charge in [0.1, 0.15) is 24.9 Å². The Morgan fingerprint density at radius 2 is 1.82 bits per heavy atom. The van der Waals surface area contributed by atoms with Crippen LogP contribution in [0, 0.1) is 5.21 Å². The first kappa shape index (κ1) is 10.4. The van der Waals surface area contributed by atoms with E-state index in [0.717, 1.165) is 34.8 Å². The van der Waals surface area contributed by atoms with E-state index in [0.29, 0.717) is 13.2 Å². The van der Waals surface area contributed by atoms with Gasteiger partial charge in [-0.1, -0.05) is 30.3 Å². The fourth-order valence-corrected chi connectivity index (χ4v) is 2.19. The minimum atomic E-state index is 0.694. The highest BCUT2D eigenvalue weighted by Gasteiger charge is 2.33. The summed E-state index contributed by atoms with van der Waals surface area (Å²) in [5.41, 5.74) is 2.13. The van der Waals surface area contributed by atoms with E-state index < -0.39 is 0 Å². The molecule has 0 bridgehead atoms.